The van der Waals surface area contributed by atoms with Crippen LogP contribution in [0.1, 0.15) is 222 Å². The Morgan fingerprint density at radius 3 is 1.26 bits per heavy atom. The molecule has 4 saturated heterocycles. The molecular weight excluding hydrogens is 1870 g/mol. The van der Waals surface area contributed by atoms with Gasteiger partial charge in [-0.3, -0.25) is 47.9 Å². The Hall–Kier alpha value is -11.1. The van der Waals surface area contributed by atoms with Crippen molar-refractivity contribution >= 4 is 58.0 Å². The van der Waals surface area contributed by atoms with E-state index in [-0.39, 0.29) is 162 Å². The van der Waals surface area contributed by atoms with Crippen molar-refractivity contribution in [2.45, 2.75) is 192 Å². The van der Waals surface area contributed by atoms with Crippen LogP contribution in [0.15, 0.2) is 141 Å². The van der Waals surface area contributed by atoms with Crippen molar-refractivity contribution in [3.05, 3.63) is 297 Å². The van der Waals surface area contributed by atoms with Gasteiger partial charge in [-0.05, 0) is 164 Å². The second-order valence-corrected chi connectivity index (χ2v) is 35.4. The largest absolute Gasteiger partial charge is 1.00 e. The van der Waals surface area contributed by atoms with Gasteiger partial charge in [0.15, 0.2) is 62.7 Å². The molecule has 5 aromatic carbocycles. The van der Waals surface area contributed by atoms with Crippen LogP contribution < -0.4 is 78.8 Å². The molecule has 12 aliphatic rings. The summed E-state index contributed by atoms with van der Waals surface area (Å²) in [5.74, 6) is -7.22. The standard InChI is InChI=1S/C23H23F2N3O4.C22H21F2N3O5.C21H21IN2O4.C21H22N2O4.C7H7F2N.CO.ClH.Li/c1-12-19-22(31)27-8-3-9-32-23(27,2)17-7-6-16(28(17)19)18(20(12)29)21(30)26-11-13-4-5-14(24)10-15(13)25;1-22-15-6-5-14-16(20(30)25-10-11-3-4-12(23)9-13(11)24)18(28)19(29)17(27(14)15)21(31)26(22)7-2-8-32-22;1-21-15-9-8-14-16(22)18(25)19(27-12-13-6-3-2-4-7-13)17(24(14)15)20(26)23(21)10-5-11-28-21;1-21-17-9-8-15-12-16(24)19(26-13-14-6-3-2-4-7-14)18(23(15)17)20(25)22(21)10-5-11-27-21;8-6-2-1-5(4-10)7(9)3-6;1-2;;/h4-5,10,17H,3,6-9,11H2,1-2H3,(H,26,30);3-4,9,15,29H,2,5-8,10H2,1H3,(H,25,30);2-4,6-7,15H,5,8-12H2,1H3;2-4,6-7,12,17H,5,8-11,13H2,1H3;1-3H,4,10H2;;1H;/q;;;;;;;+1/p-1. The number of halogens is 8. The number of hydrogen-bond acceptors (Lipinski definition) is 18. The maximum atomic E-state index is 14.0. The molecule has 29 nitrogen and oxygen atoms in total. The third kappa shape index (κ3) is 17.3. The number of nitrogens with one attached hydrogen (secondary N) is 2. The van der Waals surface area contributed by atoms with Gasteiger partial charge in [0.1, 0.15) is 64.9 Å². The summed E-state index contributed by atoms with van der Waals surface area (Å²) in [5.41, 5.74) is 6.14. The fourth-order valence-corrected chi connectivity index (χ4v) is 21.3. The molecule has 0 bridgehead atoms. The van der Waals surface area contributed by atoms with E-state index in [1.165, 1.54) is 24.3 Å². The number of rotatable bonds is 13. The molecule has 8 unspecified atom stereocenters. The van der Waals surface area contributed by atoms with Gasteiger partial charge in [-0.2, -0.15) is 0 Å². The molecule has 0 spiro atoms. The minimum absolute atomic E-state index is 0. The van der Waals surface area contributed by atoms with Crippen LogP contribution in [-0.4, -0.2) is 154 Å². The predicted octanol–water partition coefficient (Wildman–Crippen LogP) is 5.30. The summed E-state index contributed by atoms with van der Waals surface area (Å²) in [4.78, 5) is 138. The predicted molar refractivity (Wildman–Crippen MR) is 466 cm³/mol. The Balaban J connectivity index is 0.000000136. The normalized spacial score (nSPS) is 22.8. The third-order valence-corrected chi connectivity index (χ3v) is 28.1. The number of amides is 6. The minimum atomic E-state index is -0.946. The Kier molecular flexibility index (Phi) is 29.0. The molecule has 133 heavy (non-hydrogen) atoms. The molecule has 694 valence electrons. The number of carbonyl (C=O) groups excluding carboxylic acids is 6. The number of nitrogens with two attached hydrogens (primary N) is 1. The van der Waals surface area contributed by atoms with Crippen molar-refractivity contribution in [3.63, 3.8) is 0 Å². The fraction of sp³-hybridized carbons (Fsp3) is 0.400. The maximum absolute atomic E-state index is 14.0. The van der Waals surface area contributed by atoms with E-state index in [1.807, 2.05) is 95.1 Å². The number of hydrogen-bond donors (Lipinski definition) is 4. The molecular formula is C95H94ClF6ILiN11O18. The average molecular weight is 1960 g/mol. The summed E-state index contributed by atoms with van der Waals surface area (Å²) in [6, 6.07) is 29.8. The summed E-state index contributed by atoms with van der Waals surface area (Å²) in [6.07, 6.45) is 8.15. The van der Waals surface area contributed by atoms with Crippen molar-refractivity contribution < 1.29 is 125 Å². The second kappa shape index (κ2) is 39.4. The first-order chi connectivity index (χ1) is 62.8. The van der Waals surface area contributed by atoms with Crippen molar-refractivity contribution in [3.8, 4) is 17.2 Å². The van der Waals surface area contributed by atoms with E-state index in [0.717, 1.165) is 91.7 Å². The van der Waals surface area contributed by atoms with E-state index in [9.17, 15) is 79.4 Å². The van der Waals surface area contributed by atoms with Gasteiger partial charge in [-0.25, -0.2) is 26.3 Å². The number of nitrogens with zero attached hydrogens (tertiary/aromatic N) is 8. The number of aromatic hydroxyl groups is 1. The van der Waals surface area contributed by atoms with E-state index in [2.05, 4.69) is 39.9 Å². The van der Waals surface area contributed by atoms with Crippen LogP contribution in [0, 0.1) is 52.0 Å². The van der Waals surface area contributed by atoms with Crippen LogP contribution in [0.3, 0.4) is 0 Å². The number of benzene rings is 5. The molecule has 0 radical (unpaired) electrons. The summed E-state index contributed by atoms with van der Waals surface area (Å²) in [5, 5.41) is 15.7. The van der Waals surface area contributed by atoms with Crippen molar-refractivity contribution in [1.29, 1.82) is 0 Å². The summed E-state index contributed by atoms with van der Waals surface area (Å²) in [6.45, 7) is 18.5. The van der Waals surface area contributed by atoms with E-state index >= 15 is 0 Å². The van der Waals surface area contributed by atoms with Crippen LogP contribution in [0.2, 0.25) is 0 Å². The molecule has 9 aromatic rings. The molecule has 0 aliphatic carbocycles. The summed E-state index contributed by atoms with van der Waals surface area (Å²) >= 11 is 2.10. The first-order valence-electron chi connectivity index (χ1n) is 43.3. The van der Waals surface area contributed by atoms with Crippen molar-refractivity contribution in [1.82, 2.24) is 48.5 Å². The van der Waals surface area contributed by atoms with E-state index in [4.69, 9.17) is 38.8 Å². The van der Waals surface area contributed by atoms with Crippen LogP contribution in [0.4, 0.5) is 26.3 Å². The van der Waals surface area contributed by atoms with Crippen molar-refractivity contribution in [2.24, 2.45) is 5.73 Å². The van der Waals surface area contributed by atoms with Gasteiger partial charge in [0.05, 0.1) is 54.2 Å². The molecule has 0 saturated carbocycles. The van der Waals surface area contributed by atoms with E-state index in [1.54, 1.807) is 44.1 Å². The molecule has 4 aromatic heterocycles. The molecule has 4 fully saturated rings. The molecule has 38 heteroatoms. The first-order valence-corrected chi connectivity index (χ1v) is 44.4. The maximum Gasteiger partial charge on any atom is 1.00 e. The van der Waals surface area contributed by atoms with Crippen molar-refractivity contribution in [2.75, 3.05) is 52.6 Å². The molecule has 21 rings (SSSR count). The number of aromatic nitrogens is 4. The Bertz CT molecular complexity index is 6240. The quantitative estimate of drug-likeness (QED) is 0.0374. The molecule has 16 heterocycles. The van der Waals surface area contributed by atoms with Crippen LogP contribution in [0.25, 0.3) is 0 Å². The van der Waals surface area contributed by atoms with E-state index in [0.29, 0.717) is 128 Å². The first kappa shape index (κ1) is 97.9. The SMILES string of the molecule is CC12OCCCN1C(=O)c1c(O)c(=O)c(C(=O)NCc3ccc(F)cc3F)c3n1C2CC3.CC12OCCCN1C(=O)c1c(OCc3ccccc3)c(=O)c(I)c3n1C2CC3.CC12OCCCN1C(=O)c1c(OCc3ccccc3)c(=O)cc3n1C2CC3.Cc1c2n3c(c(C(=O)NCc4ccc(F)cc4F)c1=O)CCC3C1(C)OCCCN1C2=O.NCc1ccc(F)cc1F.[C-]#[O+].[Cl-].[Li+]. The van der Waals surface area contributed by atoms with Gasteiger partial charge in [0.25, 0.3) is 35.4 Å². The number of ether oxygens (including phenoxy) is 6. The number of fused-ring (bicyclic) bond motifs is 8. The van der Waals surface area contributed by atoms with Gasteiger partial charge in [0.2, 0.25) is 16.3 Å². The summed E-state index contributed by atoms with van der Waals surface area (Å²) in [7, 11) is 0. The Labute approximate surface area is 790 Å². The molecule has 5 N–H and O–H groups in total. The zero-order valence-corrected chi connectivity index (χ0v) is 76.5. The van der Waals surface area contributed by atoms with E-state index < -0.39 is 92.1 Å². The topological polar surface area (TPSA) is 349 Å². The van der Waals surface area contributed by atoms with Gasteiger partial charge in [0, 0.05) is 115 Å². The van der Waals surface area contributed by atoms with Gasteiger partial charge in [-0.1, -0.05) is 78.9 Å². The Morgan fingerprint density at radius 1 is 0.481 bits per heavy atom. The number of pyridine rings is 4. The monoisotopic (exact) mass is 1960 g/mol. The number of aryl methyl sites for hydroxylation is 1. The van der Waals surface area contributed by atoms with Gasteiger partial charge < -0.3 is 100 Å². The number of carbonyl (C=O) groups is 6. The zero-order valence-electron chi connectivity index (χ0n) is 73.6. The third-order valence-electron chi connectivity index (χ3n) is 26.9. The second-order valence-electron chi connectivity index (χ2n) is 34.3. The van der Waals surface area contributed by atoms with Gasteiger partial charge >= 0.3 is 30.2 Å². The van der Waals surface area contributed by atoms with Crippen LogP contribution in [-0.2, 0) is 82.1 Å². The van der Waals surface area contributed by atoms with Gasteiger partial charge in [-0.15, -0.1) is 0 Å². The Morgan fingerprint density at radius 2 is 0.835 bits per heavy atom. The fourth-order valence-electron chi connectivity index (χ4n) is 20.5. The van der Waals surface area contributed by atoms with Crippen LogP contribution in [0.5, 0.6) is 17.2 Å². The molecule has 8 atom stereocenters. The van der Waals surface area contributed by atoms with Crippen LogP contribution >= 0.6 is 22.6 Å². The molecule has 6 amide bonds. The smallest absolute Gasteiger partial charge is 1.00 e. The molecule has 12 aliphatic heterocycles. The average Bonchev–Trinajstić information content (AvgIpc) is 1.60. The minimum Gasteiger partial charge on any atom is -1.00 e. The zero-order chi connectivity index (χ0) is 93.2. The summed E-state index contributed by atoms with van der Waals surface area (Å²) < 4.78 is 131.